The first-order valence-corrected chi connectivity index (χ1v) is 28.7. The van der Waals surface area contributed by atoms with Crippen LogP contribution in [0.3, 0.4) is 0 Å². The van der Waals surface area contributed by atoms with Crippen molar-refractivity contribution in [3.8, 4) is 11.5 Å². The van der Waals surface area contributed by atoms with Gasteiger partial charge in [0, 0.05) is 44.2 Å². The molecule has 0 aromatic heterocycles. The Labute approximate surface area is 494 Å². The van der Waals surface area contributed by atoms with Crippen LogP contribution in [0.5, 0.6) is 11.5 Å². The number of esters is 2. The number of carbonyl (C=O) groups excluding carboxylic acids is 8. The van der Waals surface area contributed by atoms with Crippen molar-refractivity contribution in [1.29, 1.82) is 0 Å². The highest BCUT2D eigenvalue weighted by atomic mass is 79.9. The second-order valence-corrected chi connectivity index (χ2v) is 21.7. The van der Waals surface area contributed by atoms with E-state index in [4.69, 9.17) is 42.6 Å². The van der Waals surface area contributed by atoms with Gasteiger partial charge in [-0.05, 0) is 114 Å². The first-order chi connectivity index (χ1) is 39.6. The molecule has 2 atom stereocenters. The zero-order chi connectivity index (χ0) is 60.6. The van der Waals surface area contributed by atoms with Crippen molar-refractivity contribution in [3.05, 3.63) is 131 Å². The molecule has 2 saturated heterocycles. The molecule has 0 radical (unpaired) electrons. The number of piperidine rings is 2. The van der Waals surface area contributed by atoms with Crippen LogP contribution in [0.25, 0.3) is 0 Å². The Bertz CT molecular complexity index is 2640. The van der Waals surface area contributed by atoms with Gasteiger partial charge in [-0.15, -0.1) is 0 Å². The molecule has 0 bridgehead atoms. The minimum atomic E-state index is -0.943. The molecule has 2 fully saturated rings. The summed E-state index contributed by atoms with van der Waals surface area (Å²) in [6.07, 6.45) is 0.887. The van der Waals surface area contributed by atoms with Crippen LogP contribution in [0.4, 0.5) is 9.59 Å². The van der Waals surface area contributed by atoms with Crippen LogP contribution in [-0.2, 0) is 79.9 Å². The Hall–Kier alpha value is -7.04. The number of rotatable bonds is 26. The number of halogens is 1. The molecule has 2 aliphatic rings. The van der Waals surface area contributed by atoms with E-state index in [1.54, 1.807) is 77.9 Å². The van der Waals surface area contributed by atoms with E-state index in [0.29, 0.717) is 131 Å². The van der Waals surface area contributed by atoms with Crippen LogP contribution in [0.15, 0.2) is 109 Å². The van der Waals surface area contributed by atoms with Crippen LogP contribution in [0, 0.1) is 0 Å². The van der Waals surface area contributed by atoms with Crippen LogP contribution in [0.1, 0.15) is 127 Å². The highest BCUT2D eigenvalue weighted by molar-refractivity contribution is 9.09. The van der Waals surface area contributed by atoms with Crippen LogP contribution < -0.4 is 4.74 Å². The molecule has 6 amide bonds. The fourth-order valence-electron chi connectivity index (χ4n) is 7.86. The molecule has 4 aromatic carbocycles. The van der Waals surface area contributed by atoms with Gasteiger partial charge in [0.2, 0.25) is 23.6 Å². The summed E-state index contributed by atoms with van der Waals surface area (Å²) in [7, 11) is 0. The lowest BCUT2D eigenvalue weighted by atomic mass is 9.89. The molecule has 1 N–H and O–H groups in total. The van der Waals surface area contributed by atoms with Crippen molar-refractivity contribution in [1.82, 2.24) is 9.80 Å². The Morgan fingerprint density at radius 2 is 0.880 bits per heavy atom. The van der Waals surface area contributed by atoms with Crippen molar-refractivity contribution < 1.29 is 86.1 Å². The van der Waals surface area contributed by atoms with Gasteiger partial charge in [-0.25, -0.2) is 9.59 Å². The van der Waals surface area contributed by atoms with Gasteiger partial charge in [0.15, 0.2) is 0 Å². The molecule has 0 spiro atoms. The van der Waals surface area contributed by atoms with E-state index in [0.717, 1.165) is 16.5 Å². The Kier molecular flexibility index (Phi) is 30.1. The molecule has 21 heteroatoms. The molecule has 2 heterocycles. The minimum Gasteiger partial charge on any atom is -0.508 e. The largest absolute Gasteiger partial charge is 0.508 e. The number of benzene rings is 4. The quantitative estimate of drug-likeness (QED) is 0.0202. The molecule has 2 aliphatic heterocycles. The highest BCUT2D eigenvalue weighted by Gasteiger charge is 2.42. The summed E-state index contributed by atoms with van der Waals surface area (Å²) in [6, 6.07) is 32.4. The lowest BCUT2D eigenvalue weighted by Gasteiger charge is -2.31. The summed E-state index contributed by atoms with van der Waals surface area (Å²) < 4.78 is 48.0. The second kappa shape index (κ2) is 36.5. The number of hydrogen-bond acceptors (Lipinski definition) is 18. The maximum absolute atomic E-state index is 12.9. The van der Waals surface area contributed by atoms with Gasteiger partial charge in [-0.2, -0.15) is 9.80 Å². The van der Waals surface area contributed by atoms with Crippen molar-refractivity contribution >= 4 is 63.7 Å². The molecule has 0 saturated carbocycles. The lowest BCUT2D eigenvalue weighted by molar-refractivity contribution is -0.149. The highest BCUT2D eigenvalue weighted by Crippen LogP contribution is 2.32. The third kappa shape index (κ3) is 26.8. The Balaban J connectivity index is 0.000000296. The number of phenols is 1. The molecule has 0 aliphatic carbocycles. The summed E-state index contributed by atoms with van der Waals surface area (Å²) in [5, 5.41) is 10.1. The average Bonchev–Trinajstić information content (AvgIpc) is 3.57. The molecule has 83 heavy (non-hydrogen) atoms. The van der Waals surface area contributed by atoms with Gasteiger partial charge >= 0.3 is 24.1 Å². The zero-order valence-corrected chi connectivity index (χ0v) is 49.9. The second-order valence-electron chi connectivity index (χ2n) is 20.9. The fraction of sp³-hybridized carbons (Fsp3) is 0.484. The molecular formula is C62H79BrN2O18. The first-order valence-electron chi connectivity index (χ1n) is 27.6. The number of hydrogen-bond donors (Lipinski definition) is 1. The molecule has 452 valence electrons. The fourth-order valence-corrected chi connectivity index (χ4v) is 8.09. The lowest BCUT2D eigenvalue weighted by Crippen LogP contribution is -2.49. The summed E-state index contributed by atoms with van der Waals surface area (Å²) in [5.41, 5.74) is 1.70. The SMILES string of the molecule is CC(C)(C)OC(=O)N1C(=O)CCC(c2ccc(O)cc2)C1=O.CC(C)(C)OC(=O)N1C(=O)CCC(c2ccc(OCCOCCOCCCC(=O)OCc3ccccc3)cc2)C1=O.O=C(CCCOCCOCCBr)OCc1ccccc1. The molecule has 20 nitrogen and oxygen atoms in total. The number of nitrogens with zero attached hydrogens (tertiary/aromatic N) is 2. The van der Waals surface area contributed by atoms with E-state index in [1.165, 1.54) is 12.1 Å². The van der Waals surface area contributed by atoms with E-state index >= 15 is 0 Å². The number of phenolic OH excluding ortho intramolecular Hbond substituents is 1. The molecular weight excluding hydrogens is 1140 g/mol. The zero-order valence-electron chi connectivity index (χ0n) is 48.3. The standard InChI is InChI=1S/C31H39NO9.C16H19NO5.C15H21BrO4/c1-31(2,3)41-30(36)32-27(33)16-15-26(29(32)35)24-11-13-25(14-12-24)39-21-20-38-19-18-37-17-7-10-28(34)40-22-23-8-5-4-6-9-23;1-16(2,3)22-15(21)17-13(19)9-8-12(14(17)20)10-4-6-11(18)7-5-10;16-8-10-19-12-11-18-9-4-7-15(17)20-13-14-5-2-1-3-6-14/h4-6,8-9,11-14,26H,7,10,15-22H2,1-3H3;4-7,12,18H,8-9H2,1-3H3;1-3,5-6H,4,7-13H2. The van der Waals surface area contributed by atoms with Crippen molar-refractivity contribution in [2.45, 2.75) is 129 Å². The average molecular weight is 1220 g/mol. The van der Waals surface area contributed by atoms with Crippen LogP contribution in [-0.4, -0.2) is 139 Å². The van der Waals surface area contributed by atoms with Crippen molar-refractivity contribution in [3.63, 3.8) is 0 Å². The number of amides is 6. The molecule has 2 unspecified atom stereocenters. The van der Waals surface area contributed by atoms with Gasteiger partial charge in [0.1, 0.15) is 42.5 Å². The predicted molar refractivity (Wildman–Crippen MR) is 308 cm³/mol. The number of aromatic hydroxyl groups is 1. The van der Waals surface area contributed by atoms with Crippen LogP contribution >= 0.6 is 15.9 Å². The third-order valence-electron chi connectivity index (χ3n) is 11.8. The van der Waals surface area contributed by atoms with Gasteiger partial charge in [-0.3, -0.25) is 28.8 Å². The first kappa shape index (κ1) is 68.5. The maximum Gasteiger partial charge on any atom is 0.424 e. The van der Waals surface area contributed by atoms with E-state index < -0.39 is 58.9 Å². The third-order valence-corrected chi connectivity index (χ3v) is 12.2. The number of carbonyl (C=O) groups is 8. The van der Waals surface area contributed by atoms with Gasteiger partial charge in [0.25, 0.3) is 0 Å². The van der Waals surface area contributed by atoms with Gasteiger partial charge in [0.05, 0.1) is 51.5 Å². The summed E-state index contributed by atoms with van der Waals surface area (Å²) in [4.78, 5) is 98.6. The molecule has 6 rings (SSSR count). The van der Waals surface area contributed by atoms with Crippen molar-refractivity contribution in [2.24, 2.45) is 0 Å². The topological polar surface area (TPSA) is 246 Å². The smallest absolute Gasteiger partial charge is 0.424 e. The van der Waals surface area contributed by atoms with Crippen molar-refractivity contribution in [2.75, 3.05) is 64.8 Å². The molecule has 4 aromatic rings. The van der Waals surface area contributed by atoms with E-state index in [2.05, 4.69) is 15.9 Å². The van der Waals surface area contributed by atoms with E-state index in [1.807, 2.05) is 60.7 Å². The monoisotopic (exact) mass is 1220 g/mol. The Morgan fingerprint density at radius 3 is 1.28 bits per heavy atom. The van der Waals surface area contributed by atoms with Gasteiger partial charge < -0.3 is 47.7 Å². The van der Waals surface area contributed by atoms with E-state index in [-0.39, 0.29) is 37.1 Å². The normalized spacial score (nSPS) is 15.3. The minimum absolute atomic E-state index is 0.0796. The Morgan fingerprint density at radius 1 is 0.506 bits per heavy atom. The maximum atomic E-state index is 12.9. The number of ether oxygens (including phenoxy) is 9. The predicted octanol–water partition coefficient (Wildman–Crippen LogP) is 10.3. The number of alkyl halides is 1. The van der Waals surface area contributed by atoms with Crippen LogP contribution in [0.2, 0.25) is 0 Å². The van der Waals surface area contributed by atoms with Gasteiger partial charge in [-0.1, -0.05) is 101 Å². The summed E-state index contributed by atoms with van der Waals surface area (Å²) >= 11 is 3.27. The summed E-state index contributed by atoms with van der Waals surface area (Å²) in [5.74, 6) is -3.21. The number of imide groups is 6. The van der Waals surface area contributed by atoms with E-state index in [9.17, 15) is 43.5 Å². The number of likely N-dealkylation sites (tertiary alicyclic amines) is 2. The summed E-state index contributed by atoms with van der Waals surface area (Å²) in [6.45, 7) is 15.0.